The van der Waals surface area contributed by atoms with Crippen molar-refractivity contribution in [2.45, 2.75) is 42.5 Å². The first kappa shape index (κ1) is 27.5. The first-order valence-electron chi connectivity index (χ1n) is 10.7. The molecule has 2 aliphatic carbocycles. The number of benzene rings is 2. The van der Waals surface area contributed by atoms with Crippen LogP contribution in [-0.2, 0) is 35.0 Å². The van der Waals surface area contributed by atoms with Crippen LogP contribution < -0.4 is 24.8 Å². The van der Waals surface area contributed by atoms with E-state index >= 15 is 0 Å². The smallest absolute Gasteiger partial charge is 1.00 e. The van der Waals surface area contributed by atoms with Crippen molar-refractivity contribution < 1.29 is 56.7 Å². The predicted molar refractivity (Wildman–Crippen MR) is 126 cm³/mol. The number of hydrogen-bond acceptors (Lipinski definition) is 2. The van der Waals surface area contributed by atoms with E-state index in [0.717, 1.165) is 5.76 Å². The maximum Gasteiger partial charge on any atom is -1.00 e. The molecule has 0 spiro atoms. The fourth-order valence-corrected chi connectivity index (χ4v) is 9.69. The van der Waals surface area contributed by atoms with Crippen LogP contribution in [0.1, 0.15) is 42.0 Å². The van der Waals surface area contributed by atoms with Gasteiger partial charge in [-0.05, 0) is 0 Å². The zero-order valence-corrected chi connectivity index (χ0v) is 24.4. The number of ether oxygens (including phenoxy) is 1. The number of rotatable bonds is 7. The molecular weight excluding hydrogens is 535 g/mol. The summed E-state index contributed by atoms with van der Waals surface area (Å²) < 4.78 is 14.2. The van der Waals surface area contributed by atoms with E-state index in [4.69, 9.17) is 9.16 Å². The second kappa shape index (κ2) is 11.1. The van der Waals surface area contributed by atoms with Crippen LogP contribution in [0.4, 0.5) is 0 Å². The molecule has 2 unspecified atom stereocenters. The molecule has 0 radical (unpaired) electrons. The fourth-order valence-electron chi connectivity index (χ4n) is 4.57. The van der Waals surface area contributed by atoms with Crippen LogP contribution in [0.2, 0.25) is 19.6 Å². The Balaban J connectivity index is 0.00000181. The third-order valence-electron chi connectivity index (χ3n) is 5.62. The van der Waals surface area contributed by atoms with Crippen molar-refractivity contribution in [3.63, 3.8) is 0 Å². The average molecular weight is 566 g/mol. The molecule has 0 heterocycles. The van der Waals surface area contributed by atoms with E-state index < -0.39 is 31.1 Å². The Bertz CT molecular complexity index is 1040. The summed E-state index contributed by atoms with van der Waals surface area (Å²) in [5.41, 5.74) is 5.55. The fraction of sp³-hybridized carbons (Fsp3) is 0.346. The number of hydrogen-bond donors (Lipinski definition) is 0. The molecule has 0 N–H and O–H groups in total. The van der Waals surface area contributed by atoms with Crippen molar-refractivity contribution in [3.05, 3.63) is 82.6 Å². The molecule has 0 saturated heterocycles. The summed E-state index contributed by atoms with van der Waals surface area (Å²) in [7, 11) is -1.53. The van der Waals surface area contributed by atoms with Crippen molar-refractivity contribution in [2.75, 3.05) is 13.2 Å². The largest absolute Gasteiger partial charge is 1.00 e. The van der Waals surface area contributed by atoms with Crippen LogP contribution in [0, 0.1) is 0 Å². The van der Waals surface area contributed by atoms with Gasteiger partial charge in [-0.3, -0.25) is 0 Å². The molecule has 0 aromatic heterocycles. The van der Waals surface area contributed by atoms with Gasteiger partial charge in [-0.2, -0.15) is 0 Å². The van der Waals surface area contributed by atoms with Crippen LogP contribution in [0.3, 0.4) is 0 Å². The normalized spacial score (nSPS) is 20.3. The molecule has 2 aromatic carbocycles. The molecule has 6 heteroatoms. The molecule has 4 rings (SSSR count). The van der Waals surface area contributed by atoms with Gasteiger partial charge in [0.15, 0.2) is 0 Å². The van der Waals surface area contributed by atoms with Gasteiger partial charge in [0.2, 0.25) is 0 Å². The van der Waals surface area contributed by atoms with Crippen LogP contribution in [0.15, 0.2) is 60.4 Å². The summed E-state index contributed by atoms with van der Waals surface area (Å²) >= 11 is -0.911. The van der Waals surface area contributed by atoms with E-state index in [1.54, 1.807) is 3.21 Å². The monoisotopic (exact) mass is 563 g/mol. The molecule has 0 bridgehead atoms. The summed E-state index contributed by atoms with van der Waals surface area (Å²) in [5.74, 6) is 1.36. The van der Waals surface area contributed by atoms with Crippen molar-refractivity contribution in [1.29, 1.82) is 0 Å². The van der Waals surface area contributed by atoms with Crippen molar-refractivity contribution in [3.8, 4) is 0 Å². The maximum atomic E-state index is 6.47. The molecule has 0 amide bonds. The third kappa shape index (κ3) is 5.65. The van der Waals surface area contributed by atoms with E-state index in [2.05, 4.69) is 100 Å². The van der Waals surface area contributed by atoms with Crippen LogP contribution >= 0.6 is 0 Å². The molecule has 32 heavy (non-hydrogen) atoms. The Morgan fingerprint density at radius 3 is 2.28 bits per heavy atom. The molecule has 2 aromatic rings. The first-order valence-corrected chi connectivity index (χ1v) is 16.6. The Hall–Kier alpha value is -0.770. The number of fused-ring (bicyclic) bond motifs is 2. The van der Waals surface area contributed by atoms with Gasteiger partial charge >= 0.3 is 194 Å². The van der Waals surface area contributed by atoms with Gasteiger partial charge in [-0.1, -0.05) is 0 Å². The van der Waals surface area contributed by atoms with Gasteiger partial charge in [0.1, 0.15) is 0 Å². The van der Waals surface area contributed by atoms with Gasteiger partial charge in [0.05, 0.1) is 0 Å². The van der Waals surface area contributed by atoms with Gasteiger partial charge in [0, 0.05) is 0 Å². The Labute approximate surface area is 217 Å². The molecule has 2 atom stereocenters. The summed E-state index contributed by atoms with van der Waals surface area (Å²) in [4.78, 5) is 0. The van der Waals surface area contributed by atoms with Crippen LogP contribution in [-0.4, -0.2) is 24.7 Å². The molecule has 169 valence electrons. The topological polar surface area (TPSA) is 18.5 Å². The molecule has 2 nitrogen and oxygen atoms in total. The standard InChI is InChI=1S/C23H25O2Si.C3H6.2ClH.Zr/c1-26(2,3)25-15-14-24-22-16-18-9-5-7-11-20(18)23(22)21-13-12-17-8-4-6-10-19(17)21;1-3-2;;;/h4-13,16,23H,14-15H2,1-3H3;1-2H3;2*1H;/q;;;;+2/p-2. The number of allylic oxidation sites excluding steroid dienone is 2. The van der Waals surface area contributed by atoms with Crippen molar-refractivity contribution in [2.24, 2.45) is 0 Å². The number of halogens is 2. The molecule has 0 fully saturated rings. The van der Waals surface area contributed by atoms with Crippen LogP contribution in [0.5, 0.6) is 0 Å². The molecule has 0 saturated carbocycles. The SMILES string of the molecule is C[C](C)=[Zr+2][C]1(C2C(OCCO[Si](C)(C)C)=Cc3ccccc32)C=Cc2ccccc21.[Cl-].[Cl-]. The Morgan fingerprint density at radius 1 is 0.938 bits per heavy atom. The molecule has 0 aliphatic heterocycles. The van der Waals surface area contributed by atoms with Gasteiger partial charge < -0.3 is 24.8 Å². The second-order valence-electron chi connectivity index (χ2n) is 9.33. The minimum atomic E-state index is -1.53. The summed E-state index contributed by atoms with van der Waals surface area (Å²) in [6.45, 7) is 12.6. The van der Waals surface area contributed by atoms with Crippen LogP contribution in [0.25, 0.3) is 12.2 Å². The van der Waals surface area contributed by atoms with Crippen molar-refractivity contribution in [1.82, 2.24) is 0 Å². The van der Waals surface area contributed by atoms with Gasteiger partial charge in [0.25, 0.3) is 0 Å². The molecule has 2 aliphatic rings. The first-order chi connectivity index (χ1) is 14.3. The average Bonchev–Trinajstić information content (AvgIpc) is 3.23. The van der Waals surface area contributed by atoms with Gasteiger partial charge in [-0.25, -0.2) is 0 Å². The van der Waals surface area contributed by atoms with E-state index in [-0.39, 0.29) is 33.9 Å². The summed E-state index contributed by atoms with van der Waals surface area (Å²) in [5, 5.41) is 0. The Morgan fingerprint density at radius 2 is 1.59 bits per heavy atom. The van der Waals surface area contributed by atoms with Crippen molar-refractivity contribution >= 4 is 23.7 Å². The van der Waals surface area contributed by atoms with E-state index in [1.165, 1.54) is 22.3 Å². The summed E-state index contributed by atoms with van der Waals surface area (Å²) in [6, 6.07) is 17.8. The summed E-state index contributed by atoms with van der Waals surface area (Å²) in [6.07, 6.45) is 7.11. The quantitative estimate of drug-likeness (QED) is 0.354. The maximum absolute atomic E-state index is 6.47. The van der Waals surface area contributed by atoms with Gasteiger partial charge in [-0.15, -0.1) is 0 Å². The predicted octanol–water partition coefficient (Wildman–Crippen LogP) is 0.218. The minimum absolute atomic E-state index is 0. The zero-order valence-electron chi connectivity index (χ0n) is 19.4. The minimum Gasteiger partial charge on any atom is -1.00 e. The Kier molecular flexibility index (Phi) is 9.53. The van der Waals surface area contributed by atoms with E-state index in [0.29, 0.717) is 13.2 Å². The zero-order chi connectivity index (χ0) is 21.4. The molecular formula is C26H31Cl2O2SiZr. The van der Waals surface area contributed by atoms with E-state index in [9.17, 15) is 0 Å². The third-order valence-corrected chi connectivity index (χ3v) is 10.7. The van der Waals surface area contributed by atoms with E-state index in [1.807, 2.05) is 0 Å². The second-order valence-corrected chi connectivity index (χ2v) is 19.0.